The zero-order valence-electron chi connectivity index (χ0n) is 12.1. The van der Waals surface area contributed by atoms with E-state index in [0.717, 1.165) is 12.1 Å². The van der Waals surface area contributed by atoms with E-state index >= 15 is 0 Å². The number of hydrogen-bond donors (Lipinski definition) is 1. The van der Waals surface area contributed by atoms with Crippen LogP contribution in [0, 0.1) is 0 Å². The fraction of sp³-hybridized carbons (Fsp3) is 0.250. The number of nitrogens with zero attached hydrogens (tertiary/aromatic N) is 2. The SMILES string of the molecule is CCn1cccc1C(=O)N(C)Cc1ccc(C(=O)O)cc1. The predicted octanol–water partition coefficient (Wildman–Crippen LogP) is 2.48. The van der Waals surface area contributed by atoms with Gasteiger partial charge in [0.15, 0.2) is 0 Å². The normalized spacial score (nSPS) is 10.4. The molecule has 21 heavy (non-hydrogen) atoms. The van der Waals surface area contributed by atoms with Gasteiger partial charge < -0.3 is 14.6 Å². The van der Waals surface area contributed by atoms with Crippen LogP contribution in [0.5, 0.6) is 0 Å². The Kier molecular flexibility index (Phi) is 4.42. The number of benzene rings is 1. The number of aromatic carboxylic acids is 1. The summed E-state index contributed by atoms with van der Waals surface area (Å²) in [5, 5.41) is 8.86. The summed E-state index contributed by atoms with van der Waals surface area (Å²) in [4.78, 5) is 24.8. The van der Waals surface area contributed by atoms with Gasteiger partial charge in [-0.25, -0.2) is 4.79 Å². The van der Waals surface area contributed by atoms with E-state index in [1.807, 2.05) is 23.8 Å². The number of carboxylic acid groups (broad SMARTS) is 1. The number of rotatable bonds is 5. The molecule has 2 aromatic rings. The molecule has 0 saturated carbocycles. The predicted molar refractivity (Wildman–Crippen MR) is 79.3 cm³/mol. The smallest absolute Gasteiger partial charge is 0.335 e. The van der Waals surface area contributed by atoms with Crippen LogP contribution in [0.1, 0.15) is 33.3 Å². The average Bonchev–Trinajstić information content (AvgIpc) is 2.95. The fourth-order valence-electron chi connectivity index (χ4n) is 2.18. The highest BCUT2D eigenvalue weighted by Gasteiger charge is 2.15. The number of carbonyl (C=O) groups excluding carboxylic acids is 1. The lowest BCUT2D eigenvalue weighted by Crippen LogP contribution is -2.28. The Morgan fingerprint density at radius 3 is 2.43 bits per heavy atom. The molecule has 0 aliphatic rings. The minimum Gasteiger partial charge on any atom is -0.478 e. The van der Waals surface area contributed by atoms with Crippen LogP contribution in [0.3, 0.4) is 0 Å². The van der Waals surface area contributed by atoms with Crippen molar-refractivity contribution < 1.29 is 14.7 Å². The number of carboxylic acids is 1. The molecule has 5 heteroatoms. The molecule has 0 aliphatic heterocycles. The summed E-state index contributed by atoms with van der Waals surface area (Å²) < 4.78 is 1.90. The summed E-state index contributed by atoms with van der Waals surface area (Å²) in [6.45, 7) is 3.17. The maximum Gasteiger partial charge on any atom is 0.335 e. The molecule has 0 saturated heterocycles. The van der Waals surface area contributed by atoms with Gasteiger partial charge in [0.05, 0.1) is 5.56 Å². The van der Waals surface area contributed by atoms with Gasteiger partial charge in [-0.1, -0.05) is 12.1 Å². The average molecular weight is 286 g/mol. The maximum absolute atomic E-state index is 12.4. The van der Waals surface area contributed by atoms with Crippen molar-refractivity contribution in [2.45, 2.75) is 20.0 Å². The second-order valence-electron chi connectivity index (χ2n) is 4.84. The minimum atomic E-state index is -0.952. The van der Waals surface area contributed by atoms with E-state index < -0.39 is 5.97 Å². The second-order valence-corrected chi connectivity index (χ2v) is 4.84. The lowest BCUT2D eigenvalue weighted by Gasteiger charge is -2.18. The second kappa shape index (κ2) is 6.26. The van der Waals surface area contributed by atoms with Crippen molar-refractivity contribution >= 4 is 11.9 Å². The molecule has 1 heterocycles. The highest BCUT2D eigenvalue weighted by molar-refractivity contribution is 5.92. The third kappa shape index (κ3) is 3.31. The van der Waals surface area contributed by atoms with Crippen molar-refractivity contribution in [2.24, 2.45) is 0 Å². The van der Waals surface area contributed by atoms with Crippen LogP contribution in [-0.4, -0.2) is 33.5 Å². The molecule has 110 valence electrons. The van der Waals surface area contributed by atoms with Crippen LogP contribution in [0.15, 0.2) is 42.6 Å². The zero-order valence-corrected chi connectivity index (χ0v) is 12.1. The zero-order chi connectivity index (χ0) is 15.4. The highest BCUT2D eigenvalue weighted by Crippen LogP contribution is 2.11. The monoisotopic (exact) mass is 286 g/mol. The Balaban J connectivity index is 2.08. The van der Waals surface area contributed by atoms with Crippen molar-refractivity contribution in [3.8, 4) is 0 Å². The summed E-state index contributed by atoms with van der Waals surface area (Å²) in [5.74, 6) is -1.00. The van der Waals surface area contributed by atoms with E-state index in [1.54, 1.807) is 42.3 Å². The summed E-state index contributed by atoms with van der Waals surface area (Å²) in [6.07, 6.45) is 1.88. The Bertz CT molecular complexity index is 644. The van der Waals surface area contributed by atoms with Gasteiger partial charge in [0, 0.05) is 26.3 Å². The molecule has 5 nitrogen and oxygen atoms in total. The van der Waals surface area contributed by atoms with E-state index in [4.69, 9.17) is 5.11 Å². The first-order valence-corrected chi connectivity index (χ1v) is 6.75. The van der Waals surface area contributed by atoms with Gasteiger partial charge >= 0.3 is 5.97 Å². The van der Waals surface area contributed by atoms with E-state index in [1.165, 1.54) is 0 Å². The quantitative estimate of drug-likeness (QED) is 0.918. The lowest BCUT2D eigenvalue weighted by atomic mass is 10.1. The van der Waals surface area contributed by atoms with Crippen molar-refractivity contribution in [3.05, 3.63) is 59.4 Å². The number of aryl methyl sites for hydroxylation is 1. The first-order valence-electron chi connectivity index (χ1n) is 6.75. The van der Waals surface area contributed by atoms with Crippen LogP contribution >= 0.6 is 0 Å². The summed E-state index contributed by atoms with van der Waals surface area (Å²) in [5.41, 5.74) is 1.79. The molecule has 0 fully saturated rings. The Morgan fingerprint density at radius 2 is 1.86 bits per heavy atom. The highest BCUT2D eigenvalue weighted by atomic mass is 16.4. The van der Waals surface area contributed by atoms with Crippen LogP contribution < -0.4 is 0 Å². The number of carbonyl (C=O) groups is 2. The molecule has 0 aliphatic carbocycles. The van der Waals surface area contributed by atoms with Crippen molar-refractivity contribution in [1.29, 1.82) is 0 Å². The molecule has 1 aromatic heterocycles. The van der Waals surface area contributed by atoms with Gasteiger partial charge in [-0.3, -0.25) is 4.79 Å². The van der Waals surface area contributed by atoms with Crippen molar-refractivity contribution in [3.63, 3.8) is 0 Å². The molecular formula is C16H18N2O3. The van der Waals surface area contributed by atoms with E-state index in [-0.39, 0.29) is 11.5 Å². The summed E-state index contributed by atoms with van der Waals surface area (Å²) in [6, 6.07) is 10.2. The maximum atomic E-state index is 12.4. The van der Waals surface area contributed by atoms with Gasteiger partial charge in [0.25, 0.3) is 5.91 Å². The first-order chi connectivity index (χ1) is 10.0. The standard InChI is InChI=1S/C16H18N2O3/c1-3-18-10-4-5-14(18)15(19)17(2)11-12-6-8-13(9-7-12)16(20)21/h4-10H,3,11H2,1-2H3,(H,20,21). The number of aromatic nitrogens is 1. The van der Waals surface area contributed by atoms with Gasteiger partial charge in [-0.2, -0.15) is 0 Å². The third-order valence-corrected chi connectivity index (χ3v) is 3.36. The van der Waals surface area contributed by atoms with Gasteiger partial charge in [-0.15, -0.1) is 0 Å². The molecule has 1 amide bonds. The molecule has 1 N–H and O–H groups in total. The van der Waals surface area contributed by atoms with Crippen LogP contribution in [0.4, 0.5) is 0 Å². The molecule has 0 atom stereocenters. The molecule has 0 unspecified atom stereocenters. The van der Waals surface area contributed by atoms with Gasteiger partial charge in [0.1, 0.15) is 5.69 Å². The van der Waals surface area contributed by atoms with Gasteiger partial charge in [0.2, 0.25) is 0 Å². The number of amides is 1. The fourth-order valence-corrected chi connectivity index (χ4v) is 2.18. The third-order valence-electron chi connectivity index (χ3n) is 3.36. The molecule has 1 aromatic carbocycles. The minimum absolute atomic E-state index is 0.0517. The first kappa shape index (κ1) is 14.8. The molecular weight excluding hydrogens is 268 g/mol. The lowest BCUT2D eigenvalue weighted by molar-refractivity contribution is 0.0695. The van der Waals surface area contributed by atoms with Crippen molar-refractivity contribution in [2.75, 3.05) is 7.05 Å². The van der Waals surface area contributed by atoms with Crippen molar-refractivity contribution in [1.82, 2.24) is 9.47 Å². The molecule has 0 spiro atoms. The van der Waals surface area contributed by atoms with Crippen LogP contribution in [0.2, 0.25) is 0 Å². The van der Waals surface area contributed by atoms with Crippen LogP contribution in [-0.2, 0) is 13.1 Å². The molecule has 2 rings (SSSR count). The largest absolute Gasteiger partial charge is 0.478 e. The summed E-state index contributed by atoms with van der Waals surface area (Å²) >= 11 is 0. The topological polar surface area (TPSA) is 62.5 Å². The Hall–Kier alpha value is -2.56. The Morgan fingerprint density at radius 1 is 1.19 bits per heavy atom. The summed E-state index contributed by atoms with van der Waals surface area (Å²) in [7, 11) is 1.74. The Labute approximate surface area is 123 Å². The molecule has 0 bridgehead atoms. The molecule has 0 radical (unpaired) electrons. The van der Waals surface area contributed by atoms with E-state index in [2.05, 4.69) is 0 Å². The number of hydrogen-bond acceptors (Lipinski definition) is 2. The van der Waals surface area contributed by atoms with E-state index in [0.29, 0.717) is 12.2 Å². The van der Waals surface area contributed by atoms with Gasteiger partial charge in [-0.05, 0) is 36.8 Å². The van der Waals surface area contributed by atoms with E-state index in [9.17, 15) is 9.59 Å². The van der Waals surface area contributed by atoms with Crippen LogP contribution in [0.25, 0.3) is 0 Å².